The summed E-state index contributed by atoms with van der Waals surface area (Å²) in [6, 6.07) is 1.87. The van der Waals surface area contributed by atoms with Crippen LogP contribution in [0.25, 0.3) is 0 Å². The Kier molecular flexibility index (Phi) is 3.91. The van der Waals surface area contributed by atoms with Crippen molar-refractivity contribution in [1.82, 2.24) is 24.8 Å². The zero-order chi connectivity index (χ0) is 13.8. The molecule has 0 aromatic carbocycles. The van der Waals surface area contributed by atoms with Crippen LogP contribution in [0.3, 0.4) is 0 Å². The number of carbonyl (C=O) groups excluding carboxylic acids is 1. The first-order chi connectivity index (χ1) is 9.15. The predicted molar refractivity (Wildman–Crippen MR) is 66.2 cm³/mol. The van der Waals surface area contributed by atoms with E-state index < -0.39 is 5.97 Å². The van der Waals surface area contributed by atoms with Gasteiger partial charge in [0, 0.05) is 19.8 Å². The van der Waals surface area contributed by atoms with Crippen LogP contribution in [-0.4, -0.2) is 37.4 Å². The molecule has 2 aromatic rings. The Morgan fingerprint density at radius 3 is 2.89 bits per heavy atom. The van der Waals surface area contributed by atoms with Gasteiger partial charge in [-0.05, 0) is 13.0 Å². The standard InChI is InChI=1S/C11H16N6O2/c1-3-19-11(18)10-9(6-12)17(15-13-10)7-8-4-5-16(2)14-8/h4-5H,3,6-7,12H2,1-2H3. The van der Waals surface area contributed by atoms with E-state index in [1.807, 2.05) is 19.3 Å². The molecule has 2 heterocycles. The summed E-state index contributed by atoms with van der Waals surface area (Å²) in [5.41, 5.74) is 7.18. The number of aryl methyl sites for hydroxylation is 1. The number of carbonyl (C=O) groups is 1. The van der Waals surface area contributed by atoms with Crippen molar-refractivity contribution in [3.8, 4) is 0 Å². The normalized spacial score (nSPS) is 10.7. The fraction of sp³-hybridized carbons (Fsp3) is 0.455. The summed E-state index contributed by atoms with van der Waals surface area (Å²) in [6.07, 6.45) is 1.83. The highest BCUT2D eigenvalue weighted by Crippen LogP contribution is 2.08. The molecule has 8 heteroatoms. The third-order valence-corrected chi connectivity index (χ3v) is 2.58. The van der Waals surface area contributed by atoms with Crippen LogP contribution in [0.5, 0.6) is 0 Å². The fourth-order valence-corrected chi connectivity index (χ4v) is 1.72. The molecule has 0 saturated heterocycles. The van der Waals surface area contributed by atoms with Gasteiger partial charge in [-0.1, -0.05) is 5.21 Å². The van der Waals surface area contributed by atoms with E-state index in [-0.39, 0.29) is 18.8 Å². The van der Waals surface area contributed by atoms with Crippen molar-refractivity contribution < 1.29 is 9.53 Å². The monoisotopic (exact) mass is 264 g/mol. The van der Waals surface area contributed by atoms with Crippen LogP contribution in [0, 0.1) is 0 Å². The maximum Gasteiger partial charge on any atom is 0.360 e. The van der Waals surface area contributed by atoms with E-state index in [0.29, 0.717) is 12.2 Å². The van der Waals surface area contributed by atoms with Crippen LogP contribution in [0.15, 0.2) is 12.3 Å². The summed E-state index contributed by atoms with van der Waals surface area (Å²) < 4.78 is 8.17. The Morgan fingerprint density at radius 2 is 2.32 bits per heavy atom. The Morgan fingerprint density at radius 1 is 1.53 bits per heavy atom. The van der Waals surface area contributed by atoms with Crippen molar-refractivity contribution in [2.75, 3.05) is 6.61 Å². The molecular formula is C11H16N6O2. The van der Waals surface area contributed by atoms with Crippen LogP contribution in [-0.2, 0) is 24.9 Å². The highest BCUT2D eigenvalue weighted by atomic mass is 16.5. The number of ether oxygens (including phenoxy) is 1. The Labute approximate surface area is 110 Å². The molecule has 102 valence electrons. The van der Waals surface area contributed by atoms with E-state index in [4.69, 9.17) is 10.5 Å². The molecule has 2 rings (SSSR count). The van der Waals surface area contributed by atoms with Crippen LogP contribution < -0.4 is 5.73 Å². The van der Waals surface area contributed by atoms with Crippen molar-refractivity contribution in [3.05, 3.63) is 29.3 Å². The molecule has 2 aromatic heterocycles. The highest BCUT2D eigenvalue weighted by Gasteiger charge is 2.20. The van der Waals surface area contributed by atoms with Gasteiger partial charge in [0.25, 0.3) is 0 Å². The maximum atomic E-state index is 11.7. The fourth-order valence-electron chi connectivity index (χ4n) is 1.72. The lowest BCUT2D eigenvalue weighted by Gasteiger charge is -2.04. The average Bonchev–Trinajstić information content (AvgIpc) is 2.96. The van der Waals surface area contributed by atoms with Gasteiger partial charge in [-0.2, -0.15) is 5.10 Å². The first-order valence-electron chi connectivity index (χ1n) is 5.93. The molecule has 0 radical (unpaired) electrons. The number of hydrogen-bond donors (Lipinski definition) is 1. The van der Waals surface area contributed by atoms with Gasteiger partial charge in [-0.15, -0.1) is 5.10 Å². The second-order valence-corrected chi connectivity index (χ2v) is 3.95. The van der Waals surface area contributed by atoms with E-state index >= 15 is 0 Å². The van der Waals surface area contributed by atoms with Crippen LogP contribution in [0.4, 0.5) is 0 Å². The van der Waals surface area contributed by atoms with Gasteiger partial charge in [0.05, 0.1) is 24.5 Å². The maximum absolute atomic E-state index is 11.7. The first kappa shape index (κ1) is 13.2. The average molecular weight is 264 g/mol. The largest absolute Gasteiger partial charge is 0.461 e. The quantitative estimate of drug-likeness (QED) is 0.744. The molecule has 0 aliphatic heterocycles. The molecule has 0 aliphatic rings. The zero-order valence-corrected chi connectivity index (χ0v) is 10.9. The highest BCUT2D eigenvalue weighted by molar-refractivity contribution is 5.88. The summed E-state index contributed by atoms with van der Waals surface area (Å²) in [4.78, 5) is 11.7. The van der Waals surface area contributed by atoms with Crippen LogP contribution >= 0.6 is 0 Å². The molecule has 0 bridgehead atoms. The molecule has 2 N–H and O–H groups in total. The number of aromatic nitrogens is 5. The molecule has 0 spiro atoms. The van der Waals surface area contributed by atoms with E-state index in [9.17, 15) is 4.79 Å². The summed E-state index contributed by atoms with van der Waals surface area (Å²) in [5.74, 6) is -0.504. The summed E-state index contributed by atoms with van der Waals surface area (Å²) in [7, 11) is 1.83. The lowest BCUT2D eigenvalue weighted by molar-refractivity contribution is 0.0518. The van der Waals surface area contributed by atoms with Gasteiger partial charge in [-0.3, -0.25) is 4.68 Å². The Balaban J connectivity index is 2.24. The molecule has 0 fully saturated rings. The van der Waals surface area contributed by atoms with Gasteiger partial charge in [0.2, 0.25) is 0 Å². The minimum atomic E-state index is -0.504. The van der Waals surface area contributed by atoms with Gasteiger partial charge < -0.3 is 10.5 Å². The van der Waals surface area contributed by atoms with Crippen LogP contribution in [0.2, 0.25) is 0 Å². The SMILES string of the molecule is CCOC(=O)c1nnn(Cc2ccn(C)n2)c1CN. The molecule has 19 heavy (non-hydrogen) atoms. The molecule has 0 unspecified atom stereocenters. The van der Waals surface area contributed by atoms with Crippen LogP contribution in [0.1, 0.15) is 28.8 Å². The number of rotatable bonds is 5. The third kappa shape index (κ3) is 2.79. The van der Waals surface area contributed by atoms with Gasteiger partial charge in [0.15, 0.2) is 5.69 Å². The van der Waals surface area contributed by atoms with E-state index in [1.165, 1.54) is 0 Å². The molecule has 0 atom stereocenters. The topological polar surface area (TPSA) is 101 Å². The minimum absolute atomic E-state index is 0.161. The molecule has 8 nitrogen and oxygen atoms in total. The lowest BCUT2D eigenvalue weighted by atomic mass is 10.3. The molecule has 0 aliphatic carbocycles. The minimum Gasteiger partial charge on any atom is -0.461 e. The molecule has 0 amide bonds. The van der Waals surface area contributed by atoms with E-state index in [1.54, 1.807) is 16.3 Å². The lowest BCUT2D eigenvalue weighted by Crippen LogP contribution is -2.15. The summed E-state index contributed by atoms with van der Waals surface area (Å²) >= 11 is 0. The number of esters is 1. The van der Waals surface area contributed by atoms with Crippen molar-refractivity contribution in [2.24, 2.45) is 12.8 Å². The third-order valence-electron chi connectivity index (χ3n) is 2.58. The summed E-state index contributed by atoms with van der Waals surface area (Å²) in [5, 5.41) is 12.0. The first-order valence-corrected chi connectivity index (χ1v) is 5.93. The number of hydrogen-bond acceptors (Lipinski definition) is 6. The van der Waals surface area contributed by atoms with Crippen molar-refractivity contribution in [1.29, 1.82) is 0 Å². The van der Waals surface area contributed by atoms with Gasteiger partial charge in [-0.25, -0.2) is 9.48 Å². The van der Waals surface area contributed by atoms with Crippen molar-refractivity contribution >= 4 is 5.97 Å². The summed E-state index contributed by atoms with van der Waals surface area (Å²) in [6.45, 7) is 2.60. The Bertz CT molecular complexity index is 574. The number of nitrogens with two attached hydrogens (primary N) is 1. The predicted octanol–water partition coefficient (Wildman–Crippen LogP) is -0.305. The Hall–Kier alpha value is -2.22. The smallest absolute Gasteiger partial charge is 0.360 e. The number of nitrogens with zero attached hydrogens (tertiary/aromatic N) is 5. The molecular weight excluding hydrogens is 248 g/mol. The van der Waals surface area contributed by atoms with Crippen molar-refractivity contribution in [3.63, 3.8) is 0 Å². The van der Waals surface area contributed by atoms with Gasteiger partial charge in [0.1, 0.15) is 0 Å². The van der Waals surface area contributed by atoms with Gasteiger partial charge >= 0.3 is 5.97 Å². The van der Waals surface area contributed by atoms with E-state index in [2.05, 4.69) is 15.4 Å². The molecule has 0 saturated carbocycles. The van der Waals surface area contributed by atoms with E-state index in [0.717, 1.165) is 5.69 Å². The second-order valence-electron chi connectivity index (χ2n) is 3.95. The second kappa shape index (κ2) is 5.61. The van der Waals surface area contributed by atoms with Crippen molar-refractivity contribution in [2.45, 2.75) is 20.0 Å². The zero-order valence-electron chi connectivity index (χ0n) is 10.9.